The van der Waals surface area contributed by atoms with Crippen molar-refractivity contribution in [3.63, 3.8) is 0 Å². The third-order valence-corrected chi connectivity index (χ3v) is 6.04. The number of hydrogen-bond acceptors (Lipinski definition) is 8. The van der Waals surface area contributed by atoms with Gasteiger partial charge in [-0.1, -0.05) is 0 Å². The summed E-state index contributed by atoms with van der Waals surface area (Å²) in [6.07, 6.45) is -7.46. The van der Waals surface area contributed by atoms with Crippen LogP contribution < -0.4 is 0 Å². The fourth-order valence-corrected chi connectivity index (χ4v) is 4.50. The number of ether oxygens (including phenoxy) is 2. The summed E-state index contributed by atoms with van der Waals surface area (Å²) in [7, 11) is 0. The second-order valence-electron chi connectivity index (χ2n) is 4.64. The molecule has 0 saturated carbocycles. The Labute approximate surface area is 115 Å². The molecule has 2 heterocycles. The molecular formula is C10H18O8Se. The summed E-state index contributed by atoms with van der Waals surface area (Å²) in [6.45, 7) is -0.225. The predicted octanol–water partition coefficient (Wildman–Crippen LogP) is -4.43. The van der Waals surface area contributed by atoms with Gasteiger partial charge in [-0.25, -0.2) is 0 Å². The van der Waals surface area contributed by atoms with E-state index in [0.29, 0.717) is 0 Å². The Hall–Kier alpha value is 0.199. The van der Waals surface area contributed by atoms with Crippen LogP contribution in [0.3, 0.4) is 0 Å². The van der Waals surface area contributed by atoms with Crippen LogP contribution in [-0.4, -0.2) is 105 Å². The van der Waals surface area contributed by atoms with Crippen molar-refractivity contribution in [1.29, 1.82) is 0 Å². The Bertz CT molecular complexity index is 277. The summed E-state index contributed by atoms with van der Waals surface area (Å²) in [5.41, 5.74) is 0. The van der Waals surface area contributed by atoms with E-state index in [0.717, 1.165) is 0 Å². The maximum atomic E-state index is 9.77. The van der Waals surface area contributed by atoms with Gasteiger partial charge in [0.1, 0.15) is 0 Å². The summed E-state index contributed by atoms with van der Waals surface area (Å²) < 4.78 is 10.4. The molecule has 9 heteroatoms. The van der Waals surface area contributed by atoms with E-state index in [1.807, 2.05) is 0 Å². The monoisotopic (exact) mass is 346 g/mol. The first kappa shape index (κ1) is 15.6. The molecule has 2 aliphatic heterocycles. The number of aliphatic hydroxyl groups is 6. The van der Waals surface area contributed by atoms with Crippen LogP contribution in [0.2, 0.25) is 0 Å². The van der Waals surface area contributed by atoms with Crippen molar-refractivity contribution in [2.75, 3.05) is 13.2 Å². The molecule has 0 aromatic rings. The molecule has 0 radical (unpaired) electrons. The van der Waals surface area contributed by atoms with E-state index in [-0.39, 0.29) is 13.2 Å². The summed E-state index contributed by atoms with van der Waals surface area (Å²) in [4.78, 5) is 0. The Balaban J connectivity index is 1.94. The van der Waals surface area contributed by atoms with Gasteiger partial charge in [-0.2, -0.15) is 0 Å². The molecule has 2 fully saturated rings. The second kappa shape index (κ2) is 6.31. The van der Waals surface area contributed by atoms with Crippen LogP contribution in [0.25, 0.3) is 0 Å². The van der Waals surface area contributed by atoms with Gasteiger partial charge in [-0.3, -0.25) is 0 Å². The quantitative estimate of drug-likeness (QED) is 0.276. The molecule has 8 atom stereocenters. The van der Waals surface area contributed by atoms with Crippen molar-refractivity contribution in [2.45, 2.75) is 46.6 Å². The standard InChI is InChI=1S/C10H18O8Se/c11-3-1-17-9(7(15)5(3)13)19-10-8(16)6(14)4(12)2-18-10/h3-16H,1-2H2. The minimum atomic E-state index is -1.31. The van der Waals surface area contributed by atoms with Gasteiger partial charge in [0.15, 0.2) is 0 Å². The van der Waals surface area contributed by atoms with E-state index >= 15 is 0 Å². The van der Waals surface area contributed by atoms with Gasteiger partial charge in [0.2, 0.25) is 0 Å². The molecule has 2 aliphatic rings. The third-order valence-electron chi connectivity index (χ3n) is 3.18. The van der Waals surface area contributed by atoms with Crippen LogP contribution in [0, 0.1) is 0 Å². The number of rotatable bonds is 2. The molecule has 2 saturated heterocycles. The Kier molecular flexibility index (Phi) is 5.18. The van der Waals surface area contributed by atoms with E-state index in [2.05, 4.69) is 0 Å². The number of hydrogen-bond donors (Lipinski definition) is 6. The summed E-state index contributed by atoms with van der Waals surface area (Å²) >= 11 is -0.596. The predicted molar refractivity (Wildman–Crippen MR) is 61.3 cm³/mol. The molecule has 0 aliphatic carbocycles. The molecule has 2 rings (SSSR count). The van der Waals surface area contributed by atoms with Crippen LogP contribution in [0.5, 0.6) is 0 Å². The average Bonchev–Trinajstić information content (AvgIpc) is 2.39. The van der Waals surface area contributed by atoms with Crippen molar-refractivity contribution in [3.8, 4) is 0 Å². The molecule has 0 spiro atoms. The van der Waals surface area contributed by atoms with Gasteiger partial charge in [0.05, 0.1) is 0 Å². The maximum absolute atomic E-state index is 9.77. The Morgan fingerprint density at radius 1 is 0.632 bits per heavy atom. The van der Waals surface area contributed by atoms with Crippen molar-refractivity contribution < 1.29 is 40.1 Å². The van der Waals surface area contributed by atoms with Crippen LogP contribution >= 0.6 is 0 Å². The molecule has 0 bridgehead atoms. The molecular weight excluding hydrogens is 327 g/mol. The van der Waals surface area contributed by atoms with Gasteiger partial charge in [0, 0.05) is 0 Å². The van der Waals surface area contributed by atoms with Crippen LogP contribution in [0.1, 0.15) is 0 Å². The first-order valence-corrected chi connectivity index (χ1v) is 7.86. The molecule has 0 aromatic carbocycles. The normalized spacial score (nSPS) is 52.1. The second-order valence-corrected chi connectivity index (χ2v) is 7.16. The first-order chi connectivity index (χ1) is 8.91. The van der Waals surface area contributed by atoms with E-state index in [4.69, 9.17) is 9.47 Å². The Morgan fingerprint density at radius 2 is 1.00 bits per heavy atom. The fourth-order valence-electron chi connectivity index (χ4n) is 1.93. The van der Waals surface area contributed by atoms with Gasteiger partial charge in [0.25, 0.3) is 0 Å². The first-order valence-electron chi connectivity index (χ1n) is 5.89. The Morgan fingerprint density at radius 3 is 1.37 bits per heavy atom. The van der Waals surface area contributed by atoms with Gasteiger partial charge in [-0.15, -0.1) is 0 Å². The molecule has 6 N–H and O–H groups in total. The molecule has 8 unspecified atom stereocenters. The van der Waals surface area contributed by atoms with Crippen LogP contribution in [0.15, 0.2) is 0 Å². The van der Waals surface area contributed by atoms with E-state index in [1.54, 1.807) is 0 Å². The molecule has 19 heavy (non-hydrogen) atoms. The van der Waals surface area contributed by atoms with Crippen molar-refractivity contribution in [3.05, 3.63) is 0 Å². The van der Waals surface area contributed by atoms with Gasteiger partial charge >= 0.3 is 115 Å². The topological polar surface area (TPSA) is 140 Å². The van der Waals surface area contributed by atoms with Crippen LogP contribution in [0.4, 0.5) is 0 Å². The van der Waals surface area contributed by atoms with Crippen molar-refractivity contribution in [2.24, 2.45) is 0 Å². The zero-order chi connectivity index (χ0) is 14.2. The van der Waals surface area contributed by atoms with Gasteiger partial charge in [-0.05, 0) is 0 Å². The van der Waals surface area contributed by atoms with E-state index in [9.17, 15) is 30.6 Å². The number of aliphatic hydroxyl groups excluding tert-OH is 6. The minimum absolute atomic E-state index is 0.112. The molecule has 0 amide bonds. The zero-order valence-corrected chi connectivity index (χ0v) is 11.7. The SMILES string of the molecule is OC1COC([Se]C2OCC(O)C(O)C2O)C(O)C1O. The average molecular weight is 345 g/mol. The molecule has 8 nitrogen and oxygen atoms in total. The van der Waals surface area contributed by atoms with Crippen LogP contribution in [-0.2, 0) is 9.47 Å². The van der Waals surface area contributed by atoms with Gasteiger partial charge < -0.3 is 0 Å². The molecule has 0 aromatic heterocycles. The third kappa shape index (κ3) is 3.27. The molecule has 112 valence electrons. The summed E-state index contributed by atoms with van der Waals surface area (Å²) in [5.74, 6) is 0. The summed E-state index contributed by atoms with van der Waals surface area (Å²) in [5, 5.41) is 55.8. The fraction of sp³-hybridized carbons (Fsp3) is 1.00. The zero-order valence-electron chi connectivity index (χ0n) is 9.94. The van der Waals surface area contributed by atoms with Crippen molar-refractivity contribution >= 4 is 15.0 Å². The van der Waals surface area contributed by atoms with Crippen molar-refractivity contribution in [1.82, 2.24) is 0 Å². The van der Waals surface area contributed by atoms with E-state index < -0.39 is 61.6 Å². The summed E-state index contributed by atoms with van der Waals surface area (Å²) in [6, 6.07) is 0. The van der Waals surface area contributed by atoms with E-state index in [1.165, 1.54) is 0 Å².